The molecule has 0 bridgehead atoms. The van der Waals surface area contributed by atoms with Crippen LogP contribution in [0.1, 0.15) is 16.1 Å². The van der Waals surface area contributed by atoms with Gasteiger partial charge in [0.15, 0.2) is 0 Å². The van der Waals surface area contributed by atoms with E-state index in [0.29, 0.717) is 22.8 Å². The van der Waals surface area contributed by atoms with Gasteiger partial charge in [-0.1, -0.05) is 41.9 Å². The molecular formula is C19H19ClN4O2. The van der Waals surface area contributed by atoms with E-state index in [-0.39, 0.29) is 11.8 Å². The molecule has 3 rings (SSSR count). The summed E-state index contributed by atoms with van der Waals surface area (Å²) in [6, 6.07) is 12.3. The number of hydrogen-bond donors (Lipinski definition) is 2. The van der Waals surface area contributed by atoms with Crippen molar-refractivity contribution in [1.29, 1.82) is 0 Å². The molecule has 0 aliphatic rings. The summed E-state index contributed by atoms with van der Waals surface area (Å²) in [6.07, 6.45) is 1.92. The number of H-pyrrole nitrogens is 1. The summed E-state index contributed by atoms with van der Waals surface area (Å²) in [7, 11) is 3.34. The van der Waals surface area contributed by atoms with Gasteiger partial charge in [0.2, 0.25) is 5.91 Å². The first kappa shape index (κ1) is 17.9. The number of rotatable bonds is 5. The van der Waals surface area contributed by atoms with Gasteiger partial charge in [0.25, 0.3) is 5.91 Å². The second-order valence-corrected chi connectivity index (χ2v) is 6.66. The molecule has 1 unspecified atom stereocenters. The van der Waals surface area contributed by atoms with Gasteiger partial charge in [0.05, 0.1) is 5.02 Å². The molecule has 7 heteroatoms. The lowest BCUT2D eigenvalue weighted by atomic mass is 10.0. The highest BCUT2D eigenvalue weighted by Crippen LogP contribution is 2.18. The van der Waals surface area contributed by atoms with E-state index < -0.39 is 6.04 Å². The molecule has 6 nitrogen and oxygen atoms in total. The molecule has 2 aromatic heterocycles. The average Bonchev–Trinajstić information content (AvgIpc) is 3.04. The Morgan fingerprint density at radius 2 is 1.96 bits per heavy atom. The first-order valence-electron chi connectivity index (χ1n) is 8.14. The lowest BCUT2D eigenvalue weighted by Crippen LogP contribution is -2.47. The number of aromatic nitrogens is 2. The Morgan fingerprint density at radius 3 is 2.65 bits per heavy atom. The molecule has 0 aliphatic heterocycles. The Balaban J connectivity index is 1.82. The monoisotopic (exact) mass is 370 g/mol. The summed E-state index contributed by atoms with van der Waals surface area (Å²) in [5.41, 5.74) is 1.87. The molecular weight excluding hydrogens is 352 g/mol. The van der Waals surface area contributed by atoms with Crippen LogP contribution in [0.5, 0.6) is 0 Å². The van der Waals surface area contributed by atoms with E-state index >= 15 is 0 Å². The summed E-state index contributed by atoms with van der Waals surface area (Å²) < 4.78 is 0. The second-order valence-electron chi connectivity index (χ2n) is 6.22. The van der Waals surface area contributed by atoms with E-state index in [1.165, 1.54) is 11.1 Å². The topological polar surface area (TPSA) is 78.1 Å². The lowest BCUT2D eigenvalue weighted by molar-refractivity contribution is -0.130. The van der Waals surface area contributed by atoms with E-state index in [4.69, 9.17) is 11.6 Å². The van der Waals surface area contributed by atoms with Crippen molar-refractivity contribution in [2.24, 2.45) is 0 Å². The van der Waals surface area contributed by atoms with Gasteiger partial charge in [-0.3, -0.25) is 9.59 Å². The minimum Gasteiger partial charge on any atom is -0.347 e. The fourth-order valence-corrected chi connectivity index (χ4v) is 2.87. The minimum absolute atomic E-state index is 0.167. The fraction of sp³-hybridized carbons (Fsp3) is 0.211. The first-order chi connectivity index (χ1) is 12.4. The largest absolute Gasteiger partial charge is 0.347 e. The van der Waals surface area contributed by atoms with Gasteiger partial charge in [-0.2, -0.15) is 0 Å². The van der Waals surface area contributed by atoms with Crippen LogP contribution < -0.4 is 5.32 Å². The van der Waals surface area contributed by atoms with Crippen molar-refractivity contribution < 1.29 is 9.59 Å². The molecule has 3 aromatic rings. The highest BCUT2D eigenvalue weighted by atomic mass is 35.5. The minimum atomic E-state index is -0.664. The van der Waals surface area contributed by atoms with Crippen LogP contribution in [0.25, 0.3) is 11.0 Å². The van der Waals surface area contributed by atoms with Gasteiger partial charge in [-0.25, -0.2) is 4.98 Å². The zero-order chi connectivity index (χ0) is 18.7. The van der Waals surface area contributed by atoms with Crippen LogP contribution in [0.4, 0.5) is 0 Å². The molecule has 0 saturated heterocycles. The molecule has 2 N–H and O–H groups in total. The van der Waals surface area contributed by atoms with Crippen LogP contribution in [0.2, 0.25) is 5.02 Å². The number of aromatic amines is 1. The number of amides is 2. The number of fused-ring (bicyclic) bond motifs is 1. The van der Waals surface area contributed by atoms with Gasteiger partial charge in [0.1, 0.15) is 17.4 Å². The lowest BCUT2D eigenvalue weighted by Gasteiger charge is -2.21. The zero-order valence-electron chi connectivity index (χ0n) is 14.5. The molecule has 0 fully saturated rings. The number of carbonyl (C=O) groups is 2. The van der Waals surface area contributed by atoms with E-state index in [0.717, 1.165) is 10.9 Å². The zero-order valence-corrected chi connectivity index (χ0v) is 15.2. The summed E-state index contributed by atoms with van der Waals surface area (Å²) in [5.74, 6) is -0.533. The Kier molecular flexibility index (Phi) is 5.23. The van der Waals surface area contributed by atoms with Crippen molar-refractivity contribution >= 4 is 34.4 Å². The second kappa shape index (κ2) is 7.58. The Labute approximate surface area is 156 Å². The molecule has 1 atom stereocenters. The van der Waals surface area contributed by atoms with Crippen molar-refractivity contribution in [3.8, 4) is 0 Å². The van der Waals surface area contributed by atoms with Crippen molar-refractivity contribution in [2.75, 3.05) is 14.1 Å². The first-order valence-corrected chi connectivity index (χ1v) is 8.52. The normalized spacial score (nSPS) is 12.0. The van der Waals surface area contributed by atoms with Crippen LogP contribution in [-0.4, -0.2) is 46.8 Å². The fourth-order valence-electron chi connectivity index (χ4n) is 2.71. The molecule has 1 aromatic carbocycles. The average molecular weight is 371 g/mol. The van der Waals surface area contributed by atoms with E-state index in [1.54, 1.807) is 26.2 Å². The molecule has 0 spiro atoms. The summed E-state index contributed by atoms with van der Waals surface area (Å²) in [5, 5.41) is 4.05. The number of likely N-dealkylation sites (N-methyl/N-ethyl adjacent to an activating group) is 1. The number of carbonyl (C=O) groups excluding carboxylic acids is 2. The highest BCUT2D eigenvalue weighted by molar-refractivity contribution is 6.31. The number of halogens is 1. The third kappa shape index (κ3) is 4.03. The molecule has 0 radical (unpaired) electrons. The van der Waals surface area contributed by atoms with Gasteiger partial charge in [-0.05, 0) is 17.7 Å². The van der Waals surface area contributed by atoms with E-state index in [2.05, 4.69) is 15.3 Å². The Bertz CT molecular complexity index is 937. The van der Waals surface area contributed by atoms with Crippen LogP contribution in [0.15, 0.2) is 48.7 Å². The van der Waals surface area contributed by atoms with Crippen LogP contribution >= 0.6 is 11.6 Å². The number of hydrogen-bond acceptors (Lipinski definition) is 3. The number of pyridine rings is 1. The van der Waals surface area contributed by atoms with Gasteiger partial charge >= 0.3 is 0 Å². The van der Waals surface area contributed by atoms with Crippen molar-refractivity contribution in [2.45, 2.75) is 12.5 Å². The molecule has 134 valence electrons. The maximum atomic E-state index is 12.7. The maximum absolute atomic E-state index is 12.7. The van der Waals surface area contributed by atoms with Crippen molar-refractivity contribution in [3.63, 3.8) is 0 Å². The van der Waals surface area contributed by atoms with Crippen molar-refractivity contribution in [3.05, 3.63) is 64.9 Å². The Morgan fingerprint density at radius 1 is 1.23 bits per heavy atom. The molecule has 0 saturated carbocycles. The van der Waals surface area contributed by atoms with Crippen LogP contribution in [-0.2, 0) is 11.2 Å². The van der Waals surface area contributed by atoms with Crippen LogP contribution in [0.3, 0.4) is 0 Å². The molecule has 0 aliphatic carbocycles. The van der Waals surface area contributed by atoms with E-state index in [1.807, 2.05) is 30.3 Å². The number of benzene rings is 1. The standard InChI is InChI=1S/C19H19ClN4O2/c1-24(2)19(26)16(8-12-6-4-3-5-7-12)23-18(25)15-10-13-9-14(20)11-21-17(13)22-15/h3-7,9-11,16H,8H2,1-2H3,(H,21,22)(H,23,25). The van der Waals surface area contributed by atoms with Crippen molar-refractivity contribution in [1.82, 2.24) is 20.2 Å². The van der Waals surface area contributed by atoms with E-state index in [9.17, 15) is 9.59 Å². The summed E-state index contributed by atoms with van der Waals surface area (Å²) in [6.45, 7) is 0. The molecule has 2 amide bonds. The maximum Gasteiger partial charge on any atom is 0.268 e. The summed E-state index contributed by atoms with van der Waals surface area (Å²) in [4.78, 5) is 33.7. The molecule has 26 heavy (non-hydrogen) atoms. The Hall–Kier alpha value is -2.86. The highest BCUT2D eigenvalue weighted by Gasteiger charge is 2.24. The number of nitrogens with zero attached hydrogens (tertiary/aromatic N) is 2. The third-order valence-electron chi connectivity index (χ3n) is 4.01. The van der Waals surface area contributed by atoms with Gasteiger partial charge in [-0.15, -0.1) is 0 Å². The van der Waals surface area contributed by atoms with Gasteiger partial charge < -0.3 is 15.2 Å². The predicted molar refractivity (Wildman–Crippen MR) is 101 cm³/mol. The third-order valence-corrected chi connectivity index (χ3v) is 4.21. The smallest absolute Gasteiger partial charge is 0.268 e. The quantitative estimate of drug-likeness (QED) is 0.724. The van der Waals surface area contributed by atoms with Gasteiger partial charge in [0, 0.05) is 32.1 Å². The SMILES string of the molecule is CN(C)C(=O)C(Cc1ccccc1)NC(=O)c1cc2cc(Cl)cnc2[nH]1. The molecule has 2 heterocycles. The predicted octanol–water partition coefficient (Wildman–Crippen LogP) is 2.65. The van der Waals surface area contributed by atoms with Crippen LogP contribution in [0, 0.1) is 0 Å². The number of nitrogens with one attached hydrogen (secondary N) is 2. The summed E-state index contributed by atoms with van der Waals surface area (Å²) >= 11 is 5.93.